The molecule has 4 rings (SSSR count). The lowest BCUT2D eigenvalue weighted by atomic mass is 9.97. The van der Waals surface area contributed by atoms with Gasteiger partial charge in [0.15, 0.2) is 5.82 Å². The second kappa shape index (κ2) is 7.98. The molecule has 0 saturated carbocycles. The third kappa shape index (κ3) is 4.11. The standard InChI is InChI=1S/C21H20F2N4O2/c1-29-21-19(25-17-6-2-3-7-18(17)26-21)27-8-4-5-13(12-27)20(28)24-16-10-14(22)9-15(23)11-16/h2-3,6-7,9-11,13H,4-5,8,12H2,1H3,(H,24,28). The highest BCUT2D eigenvalue weighted by Gasteiger charge is 2.29. The molecular weight excluding hydrogens is 378 g/mol. The first kappa shape index (κ1) is 19.0. The van der Waals surface area contributed by atoms with Gasteiger partial charge in [-0.2, -0.15) is 0 Å². The summed E-state index contributed by atoms with van der Waals surface area (Å²) in [6, 6.07) is 10.5. The first-order valence-electron chi connectivity index (χ1n) is 9.36. The fourth-order valence-corrected chi connectivity index (χ4v) is 3.57. The SMILES string of the molecule is COc1nc2ccccc2nc1N1CCCC(C(=O)Nc2cc(F)cc(F)c2)C1. The number of halogens is 2. The van der Waals surface area contributed by atoms with Crippen LogP contribution in [0.25, 0.3) is 11.0 Å². The maximum Gasteiger partial charge on any atom is 0.257 e. The van der Waals surface area contributed by atoms with E-state index in [1.807, 2.05) is 29.2 Å². The Morgan fingerprint density at radius 2 is 1.83 bits per heavy atom. The Labute approximate surface area is 166 Å². The van der Waals surface area contributed by atoms with Crippen LogP contribution >= 0.6 is 0 Å². The lowest BCUT2D eigenvalue weighted by Crippen LogP contribution is -2.41. The fraction of sp³-hybridized carbons (Fsp3) is 0.286. The summed E-state index contributed by atoms with van der Waals surface area (Å²) in [5, 5.41) is 2.61. The number of rotatable bonds is 4. The Bertz CT molecular complexity index is 1040. The first-order chi connectivity index (χ1) is 14.0. The minimum absolute atomic E-state index is 0.104. The number of hydrogen-bond acceptors (Lipinski definition) is 5. The van der Waals surface area contributed by atoms with E-state index in [1.165, 1.54) is 7.11 Å². The monoisotopic (exact) mass is 398 g/mol. The van der Waals surface area contributed by atoms with Gasteiger partial charge in [0.2, 0.25) is 5.91 Å². The second-order valence-electron chi connectivity index (χ2n) is 6.98. The quantitative estimate of drug-likeness (QED) is 0.725. The van der Waals surface area contributed by atoms with Crippen molar-refractivity contribution in [2.24, 2.45) is 5.92 Å². The van der Waals surface area contributed by atoms with Crippen molar-refractivity contribution in [2.45, 2.75) is 12.8 Å². The number of nitrogens with one attached hydrogen (secondary N) is 1. The van der Waals surface area contributed by atoms with Crippen LogP contribution in [0.1, 0.15) is 12.8 Å². The normalized spacial score (nSPS) is 16.7. The minimum Gasteiger partial charge on any atom is -0.478 e. The van der Waals surface area contributed by atoms with Crippen molar-refractivity contribution in [1.82, 2.24) is 9.97 Å². The number of para-hydroxylation sites is 2. The number of amides is 1. The molecule has 2 heterocycles. The summed E-state index contributed by atoms with van der Waals surface area (Å²) in [5.74, 6) is -1.12. The Morgan fingerprint density at radius 3 is 2.52 bits per heavy atom. The van der Waals surface area contributed by atoms with Gasteiger partial charge in [0.1, 0.15) is 11.6 Å². The number of hydrogen-bond donors (Lipinski definition) is 1. The van der Waals surface area contributed by atoms with Crippen LogP contribution in [0.2, 0.25) is 0 Å². The maximum absolute atomic E-state index is 13.4. The molecule has 29 heavy (non-hydrogen) atoms. The molecule has 1 atom stereocenters. The number of carbonyl (C=O) groups is 1. The van der Waals surface area contributed by atoms with Crippen molar-refractivity contribution < 1.29 is 18.3 Å². The van der Waals surface area contributed by atoms with Gasteiger partial charge in [0, 0.05) is 24.8 Å². The number of carbonyl (C=O) groups excluding carboxylic acids is 1. The van der Waals surface area contributed by atoms with E-state index in [9.17, 15) is 13.6 Å². The van der Waals surface area contributed by atoms with Crippen LogP contribution in [-0.2, 0) is 4.79 Å². The molecule has 1 N–H and O–H groups in total. The summed E-state index contributed by atoms with van der Waals surface area (Å²) in [5.41, 5.74) is 1.57. The fourth-order valence-electron chi connectivity index (χ4n) is 3.57. The zero-order valence-corrected chi connectivity index (χ0v) is 15.9. The van der Waals surface area contributed by atoms with Gasteiger partial charge >= 0.3 is 0 Å². The van der Waals surface area contributed by atoms with Crippen molar-refractivity contribution in [2.75, 3.05) is 30.4 Å². The third-order valence-electron chi connectivity index (χ3n) is 4.94. The van der Waals surface area contributed by atoms with Crippen molar-refractivity contribution >= 4 is 28.4 Å². The molecule has 1 unspecified atom stereocenters. The van der Waals surface area contributed by atoms with Crippen LogP contribution in [0.5, 0.6) is 5.88 Å². The van der Waals surface area contributed by atoms with Crippen molar-refractivity contribution in [3.63, 3.8) is 0 Å². The van der Waals surface area contributed by atoms with E-state index in [0.717, 1.165) is 35.7 Å². The van der Waals surface area contributed by atoms with Gasteiger partial charge in [0.25, 0.3) is 5.88 Å². The molecule has 1 saturated heterocycles. The molecule has 3 aromatic rings. The zero-order valence-electron chi connectivity index (χ0n) is 15.9. The van der Waals surface area contributed by atoms with Crippen LogP contribution < -0.4 is 15.0 Å². The summed E-state index contributed by atoms with van der Waals surface area (Å²) >= 11 is 0. The van der Waals surface area contributed by atoms with E-state index < -0.39 is 11.6 Å². The van der Waals surface area contributed by atoms with E-state index in [2.05, 4.69) is 15.3 Å². The minimum atomic E-state index is -0.734. The average molecular weight is 398 g/mol. The second-order valence-corrected chi connectivity index (χ2v) is 6.98. The number of anilines is 2. The summed E-state index contributed by atoms with van der Waals surface area (Å²) in [6.45, 7) is 1.12. The van der Waals surface area contributed by atoms with Crippen molar-refractivity contribution in [3.05, 3.63) is 54.1 Å². The molecule has 1 amide bonds. The Kier molecular flexibility index (Phi) is 5.24. The van der Waals surface area contributed by atoms with Crippen LogP contribution in [0, 0.1) is 17.6 Å². The summed E-state index contributed by atoms with van der Waals surface area (Å²) in [4.78, 5) is 23.8. The molecule has 0 bridgehead atoms. The van der Waals surface area contributed by atoms with Crippen LogP contribution in [0.15, 0.2) is 42.5 Å². The maximum atomic E-state index is 13.4. The van der Waals surface area contributed by atoms with Gasteiger partial charge in [-0.05, 0) is 37.1 Å². The van der Waals surface area contributed by atoms with Gasteiger partial charge in [-0.25, -0.2) is 18.7 Å². The summed E-state index contributed by atoms with van der Waals surface area (Å²) in [7, 11) is 1.54. The first-order valence-corrected chi connectivity index (χ1v) is 9.36. The zero-order chi connectivity index (χ0) is 20.4. The molecular formula is C21H20F2N4O2. The lowest BCUT2D eigenvalue weighted by Gasteiger charge is -2.33. The molecule has 1 aliphatic rings. The van der Waals surface area contributed by atoms with E-state index in [-0.39, 0.29) is 17.5 Å². The van der Waals surface area contributed by atoms with Gasteiger partial charge < -0.3 is 15.0 Å². The average Bonchev–Trinajstić information content (AvgIpc) is 2.72. The number of fused-ring (bicyclic) bond motifs is 1. The molecule has 0 radical (unpaired) electrons. The van der Waals surface area contributed by atoms with Crippen LogP contribution in [-0.4, -0.2) is 36.1 Å². The number of methoxy groups -OCH3 is 1. The molecule has 1 fully saturated rings. The summed E-state index contributed by atoms with van der Waals surface area (Å²) in [6.07, 6.45) is 1.44. The molecule has 0 aliphatic carbocycles. The predicted octanol–water partition coefficient (Wildman–Crippen LogP) is 3.77. The Morgan fingerprint density at radius 1 is 1.14 bits per heavy atom. The molecule has 0 spiro atoms. The molecule has 8 heteroatoms. The Hall–Kier alpha value is -3.29. The smallest absolute Gasteiger partial charge is 0.257 e. The van der Waals surface area contributed by atoms with Crippen LogP contribution in [0.4, 0.5) is 20.3 Å². The topological polar surface area (TPSA) is 67.4 Å². The number of benzene rings is 2. The number of aromatic nitrogens is 2. The highest BCUT2D eigenvalue weighted by Crippen LogP contribution is 2.30. The third-order valence-corrected chi connectivity index (χ3v) is 4.94. The van der Waals surface area contributed by atoms with Gasteiger partial charge in [-0.15, -0.1) is 0 Å². The highest BCUT2D eigenvalue weighted by molar-refractivity contribution is 5.93. The molecule has 2 aromatic carbocycles. The van der Waals surface area contributed by atoms with Crippen molar-refractivity contribution in [1.29, 1.82) is 0 Å². The van der Waals surface area contributed by atoms with Gasteiger partial charge in [-0.3, -0.25) is 4.79 Å². The number of nitrogens with zero attached hydrogens (tertiary/aromatic N) is 3. The largest absolute Gasteiger partial charge is 0.478 e. The van der Waals surface area contributed by atoms with E-state index in [0.29, 0.717) is 31.2 Å². The molecule has 1 aromatic heterocycles. The molecule has 1 aliphatic heterocycles. The van der Waals surface area contributed by atoms with Crippen LogP contribution in [0.3, 0.4) is 0 Å². The summed E-state index contributed by atoms with van der Waals surface area (Å²) < 4.78 is 32.2. The highest BCUT2D eigenvalue weighted by atomic mass is 19.1. The molecule has 6 nitrogen and oxygen atoms in total. The van der Waals surface area contributed by atoms with Gasteiger partial charge in [0.05, 0.1) is 24.1 Å². The lowest BCUT2D eigenvalue weighted by molar-refractivity contribution is -0.120. The molecule has 150 valence electrons. The van der Waals surface area contributed by atoms with E-state index in [1.54, 1.807) is 0 Å². The predicted molar refractivity (Wildman–Crippen MR) is 106 cm³/mol. The van der Waals surface area contributed by atoms with Crippen molar-refractivity contribution in [3.8, 4) is 5.88 Å². The van der Waals surface area contributed by atoms with E-state index in [4.69, 9.17) is 4.74 Å². The number of ether oxygens (including phenoxy) is 1. The van der Waals surface area contributed by atoms with Gasteiger partial charge in [-0.1, -0.05) is 12.1 Å². The Balaban J connectivity index is 1.55. The number of piperidine rings is 1. The van der Waals surface area contributed by atoms with E-state index >= 15 is 0 Å².